The monoisotopic (exact) mass is 388 g/mol. The lowest BCUT2D eigenvalue weighted by Gasteiger charge is -2.35. The van der Waals surface area contributed by atoms with Gasteiger partial charge in [0.2, 0.25) is 11.6 Å². The second-order valence-corrected chi connectivity index (χ2v) is 6.49. The Kier molecular flexibility index (Phi) is 5.97. The third-order valence-electron chi connectivity index (χ3n) is 4.76. The van der Waals surface area contributed by atoms with Crippen LogP contribution in [0.3, 0.4) is 0 Å². The Hall–Kier alpha value is -3.30. The lowest BCUT2D eigenvalue weighted by atomic mass is 10.00. The van der Waals surface area contributed by atoms with E-state index < -0.39 is 16.6 Å². The average molecular weight is 388 g/mol. The minimum absolute atomic E-state index is 0.106. The van der Waals surface area contributed by atoms with Crippen LogP contribution in [0.2, 0.25) is 0 Å². The van der Waals surface area contributed by atoms with Gasteiger partial charge in [0.1, 0.15) is 12.1 Å². The highest BCUT2D eigenvalue weighted by Crippen LogP contribution is 2.35. The van der Waals surface area contributed by atoms with Crippen LogP contribution in [0.1, 0.15) is 43.0 Å². The van der Waals surface area contributed by atoms with Crippen molar-refractivity contribution in [1.29, 1.82) is 0 Å². The maximum absolute atomic E-state index is 13.0. The van der Waals surface area contributed by atoms with E-state index in [1.54, 1.807) is 0 Å². The topological polar surface area (TPSA) is 113 Å². The van der Waals surface area contributed by atoms with Crippen molar-refractivity contribution in [3.63, 3.8) is 0 Å². The zero-order valence-electron chi connectivity index (χ0n) is 15.4. The minimum Gasteiger partial charge on any atom is -0.348 e. The maximum atomic E-state index is 13.0. The molecule has 1 unspecified atom stereocenters. The first-order chi connectivity index (χ1) is 13.5. The number of nitrogens with zero attached hydrogens (tertiary/aromatic N) is 4. The number of hydrazine groups is 1. The molecule has 1 aliphatic rings. The summed E-state index contributed by atoms with van der Waals surface area (Å²) >= 11 is 0. The number of nitrogens with one attached hydrogen (secondary N) is 2. The molecule has 1 saturated heterocycles. The zero-order valence-corrected chi connectivity index (χ0v) is 15.4. The molecule has 2 aromatic rings. The summed E-state index contributed by atoms with van der Waals surface area (Å²) in [5.41, 5.74) is 4.78. The van der Waals surface area contributed by atoms with Gasteiger partial charge in [0, 0.05) is 18.2 Å². The Bertz CT molecular complexity index is 861. The number of carbonyl (C=O) groups is 1. The molecule has 0 aliphatic carbocycles. The molecule has 148 valence electrons. The lowest BCUT2D eigenvalue weighted by molar-refractivity contribution is -0.383. The summed E-state index contributed by atoms with van der Waals surface area (Å²) in [7, 11) is 0. The number of nitro groups is 1. The third-order valence-corrected chi connectivity index (χ3v) is 4.76. The van der Waals surface area contributed by atoms with Crippen LogP contribution in [0.4, 0.5) is 21.7 Å². The number of carbonyl (C=O) groups excluding carboxylic acids is 1. The Balaban J connectivity index is 1.84. The number of hydrogen-bond donors (Lipinski definition) is 2. The molecule has 1 amide bonds. The molecular weight excluding hydrogens is 367 g/mol. The summed E-state index contributed by atoms with van der Waals surface area (Å²) in [6.07, 6.45) is 5.04. The van der Waals surface area contributed by atoms with E-state index in [9.17, 15) is 19.3 Å². The van der Waals surface area contributed by atoms with Gasteiger partial charge in [0.05, 0.1) is 4.92 Å². The van der Waals surface area contributed by atoms with Gasteiger partial charge in [-0.05, 0) is 49.9 Å². The molecule has 1 aromatic heterocycles. The standard InChI is InChI=1S/C18H21FN6O3/c1-2-14-5-3-4-10-24(14)17-15(25(27)28)16(20-11-21-17)22-23-18(26)12-6-8-13(19)9-7-12/h6-9,11,14H,2-5,10H2,1H3,(H,23,26)(H,20,21,22). The molecule has 0 radical (unpaired) electrons. The second kappa shape index (κ2) is 8.59. The molecule has 0 saturated carbocycles. The number of anilines is 2. The van der Waals surface area contributed by atoms with E-state index in [4.69, 9.17) is 0 Å². The quantitative estimate of drug-likeness (QED) is 0.577. The molecular formula is C18H21FN6O3. The summed E-state index contributed by atoms with van der Waals surface area (Å²) in [6.45, 7) is 2.72. The fourth-order valence-corrected chi connectivity index (χ4v) is 3.33. The van der Waals surface area contributed by atoms with Crippen LogP contribution >= 0.6 is 0 Å². The predicted octanol–water partition coefficient (Wildman–Crippen LogP) is 3.05. The number of amides is 1. The van der Waals surface area contributed by atoms with Crippen molar-refractivity contribution in [3.8, 4) is 0 Å². The van der Waals surface area contributed by atoms with E-state index in [2.05, 4.69) is 20.8 Å². The molecule has 2 N–H and O–H groups in total. The number of hydrogen-bond acceptors (Lipinski definition) is 7. The fraction of sp³-hybridized carbons (Fsp3) is 0.389. The molecule has 28 heavy (non-hydrogen) atoms. The van der Waals surface area contributed by atoms with Gasteiger partial charge >= 0.3 is 5.69 Å². The summed E-state index contributed by atoms with van der Waals surface area (Å²) in [4.78, 5) is 33.4. The Morgan fingerprint density at radius 3 is 2.75 bits per heavy atom. The SMILES string of the molecule is CCC1CCCCN1c1ncnc(NNC(=O)c2ccc(F)cc2)c1[N+](=O)[O-]. The van der Waals surface area contributed by atoms with Crippen molar-refractivity contribution in [2.75, 3.05) is 16.9 Å². The van der Waals surface area contributed by atoms with E-state index in [0.717, 1.165) is 37.8 Å². The molecule has 0 bridgehead atoms. The van der Waals surface area contributed by atoms with Crippen LogP contribution in [0.25, 0.3) is 0 Å². The van der Waals surface area contributed by atoms with Gasteiger partial charge in [-0.25, -0.2) is 14.4 Å². The first kappa shape index (κ1) is 19.5. The van der Waals surface area contributed by atoms with E-state index >= 15 is 0 Å². The van der Waals surface area contributed by atoms with Gasteiger partial charge in [0.25, 0.3) is 5.91 Å². The molecule has 1 aromatic carbocycles. The number of benzene rings is 1. The molecule has 9 nitrogen and oxygen atoms in total. The van der Waals surface area contributed by atoms with Crippen LogP contribution in [0, 0.1) is 15.9 Å². The molecule has 2 heterocycles. The normalized spacial score (nSPS) is 16.5. The Labute approximate surface area is 161 Å². The summed E-state index contributed by atoms with van der Waals surface area (Å²) in [5.74, 6) is -0.901. The Morgan fingerprint density at radius 1 is 1.32 bits per heavy atom. The van der Waals surface area contributed by atoms with Crippen LogP contribution < -0.4 is 15.8 Å². The lowest BCUT2D eigenvalue weighted by Crippen LogP contribution is -2.40. The molecule has 1 aliphatic heterocycles. The van der Waals surface area contributed by atoms with Gasteiger partial charge < -0.3 is 4.90 Å². The van der Waals surface area contributed by atoms with Crippen molar-refractivity contribution < 1.29 is 14.1 Å². The average Bonchev–Trinajstić information content (AvgIpc) is 2.72. The first-order valence-corrected chi connectivity index (χ1v) is 9.09. The van der Waals surface area contributed by atoms with Gasteiger partial charge in [-0.15, -0.1) is 0 Å². The van der Waals surface area contributed by atoms with Gasteiger partial charge in [-0.3, -0.25) is 25.8 Å². The molecule has 10 heteroatoms. The summed E-state index contributed by atoms with van der Waals surface area (Å²) in [6, 6.07) is 5.10. The molecule has 1 atom stereocenters. The smallest absolute Gasteiger partial charge is 0.348 e. The number of aromatic nitrogens is 2. The first-order valence-electron chi connectivity index (χ1n) is 9.09. The van der Waals surface area contributed by atoms with Crippen LogP contribution in [0.15, 0.2) is 30.6 Å². The van der Waals surface area contributed by atoms with Gasteiger partial charge in [-0.2, -0.15) is 0 Å². The summed E-state index contributed by atoms with van der Waals surface area (Å²) in [5, 5.41) is 11.7. The van der Waals surface area contributed by atoms with E-state index in [-0.39, 0.29) is 28.9 Å². The van der Waals surface area contributed by atoms with Crippen LogP contribution in [-0.2, 0) is 0 Å². The van der Waals surface area contributed by atoms with Gasteiger partial charge in [-0.1, -0.05) is 6.92 Å². The molecule has 3 rings (SSSR count). The van der Waals surface area contributed by atoms with Crippen molar-refractivity contribution in [1.82, 2.24) is 15.4 Å². The third kappa shape index (κ3) is 4.16. The fourth-order valence-electron chi connectivity index (χ4n) is 3.33. The number of halogens is 1. The van der Waals surface area contributed by atoms with Crippen molar-refractivity contribution >= 4 is 23.2 Å². The highest BCUT2D eigenvalue weighted by Gasteiger charge is 2.32. The van der Waals surface area contributed by atoms with Gasteiger partial charge in [0.15, 0.2) is 0 Å². The highest BCUT2D eigenvalue weighted by molar-refractivity contribution is 5.95. The predicted molar refractivity (Wildman–Crippen MR) is 101 cm³/mol. The van der Waals surface area contributed by atoms with Crippen LogP contribution in [-0.4, -0.2) is 33.4 Å². The van der Waals surface area contributed by atoms with Crippen molar-refractivity contribution in [3.05, 3.63) is 52.1 Å². The van der Waals surface area contributed by atoms with E-state index in [0.29, 0.717) is 6.54 Å². The van der Waals surface area contributed by atoms with Crippen molar-refractivity contribution in [2.45, 2.75) is 38.6 Å². The summed E-state index contributed by atoms with van der Waals surface area (Å²) < 4.78 is 13.0. The van der Waals surface area contributed by atoms with E-state index in [1.807, 2.05) is 11.8 Å². The van der Waals surface area contributed by atoms with Crippen molar-refractivity contribution in [2.24, 2.45) is 0 Å². The van der Waals surface area contributed by atoms with Crippen LogP contribution in [0.5, 0.6) is 0 Å². The molecule has 1 fully saturated rings. The second-order valence-electron chi connectivity index (χ2n) is 6.49. The zero-order chi connectivity index (χ0) is 20.1. The highest BCUT2D eigenvalue weighted by atomic mass is 19.1. The minimum atomic E-state index is -0.570. The molecule has 0 spiro atoms. The van der Waals surface area contributed by atoms with E-state index in [1.165, 1.54) is 18.5 Å². The maximum Gasteiger partial charge on any atom is 0.355 e. The largest absolute Gasteiger partial charge is 0.355 e. The Morgan fingerprint density at radius 2 is 2.07 bits per heavy atom. The number of rotatable bonds is 6. The number of piperidine rings is 1.